The van der Waals surface area contributed by atoms with Crippen molar-refractivity contribution in [2.75, 3.05) is 6.54 Å². The summed E-state index contributed by atoms with van der Waals surface area (Å²) in [6.45, 7) is 6.99. The number of rotatable bonds is 4. The van der Waals surface area contributed by atoms with E-state index in [1.165, 1.54) is 5.56 Å². The molecule has 1 aromatic rings. The molecular formula is C14H22N2O. The van der Waals surface area contributed by atoms with Crippen LogP contribution in [0.1, 0.15) is 31.9 Å². The van der Waals surface area contributed by atoms with Crippen LogP contribution in [0.4, 0.5) is 0 Å². The van der Waals surface area contributed by atoms with E-state index in [0.29, 0.717) is 13.1 Å². The van der Waals surface area contributed by atoms with Crippen LogP contribution in [0.3, 0.4) is 0 Å². The Morgan fingerprint density at radius 2 is 1.71 bits per heavy atom. The summed E-state index contributed by atoms with van der Waals surface area (Å²) < 4.78 is 0. The Kier molecular flexibility index (Phi) is 4.70. The lowest BCUT2D eigenvalue weighted by atomic mass is 9.95. The summed E-state index contributed by atoms with van der Waals surface area (Å²) >= 11 is 0. The summed E-state index contributed by atoms with van der Waals surface area (Å²) in [6.07, 6.45) is 0.854. The van der Waals surface area contributed by atoms with E-state index in [2.05, 4.69) is 17.4 Å². The van der Waals surface area contributed by atoms with Crippen molar-refractivity contribution in [3.63, 3.8) is 0 Å². The molecule has 0 saturated carbocycles. The fourth-order valence-corrected chi connectivity index (χ4v) is 1.43. The monoisotopic (exact) mass is 234 g/mol. The average Bonchev–Trinajstić information content (AvgIpc) is 2.28. The van der Waals surface area contributed by atoms with Crippen LogP contribution in [-0.4, -0.2) is 12.5 Å². The molecule has 1 amide bonds. The van der Waals surface area contributed by atoms with Gasteiger partial charge in [-0.25, -0.2) is 0 Å². The van der Waals surface area contributed by atoms with E-state index in [0.717, 1.165) is 12.0 Å². The van der Waals surface area contributed by atoms with Gasteiger partial charge in [-0.05, 0) is 17.5 Å². The highest BCUT2D eigenvalue weighted by Gasteiger charge is 2.20. The number of amides is 1. The van der Waals surface area contributed by atoms with Crippen molar-refractivity contribution in [2.24, 2.45) is 11.1 Å². The van der Waals surface area contributed by atoms with Crippen molar-refractivity contribution in [2.45, 2.75) is 33.7 Å². The molecule has 0 aromatic heterocycles. The van der Waals surface area contributed by atoms with Gasteiger partial charge in [-0.1, -0.05) is 45.0 Å². The summed E-state index contributed by atoms with van der Waals surface area (Å²) in [5.74, 6) is 0.0936. The highest BCUT2D eigenvalue weighted by molar-refractivity contribution is 5.81. The summed E-state index contributed by atoms with van der Waals surface area (Å²) in [5.41, 5.74) is 7.57. The lowest BCUT2D eigenvalue weighted by Gasteiger charge is -2.17. The topological polar surface area (TPSA) is 55.1 Å². The van der Waals surface area contributed by atoms with Crippen molar-refractivity contribution in [1.29, 1.82) is 0 Å². The maximum Gasteiger partial charge on any atom is 0.225 e. The van der Waals surface area contributed by atoms with Crippen LogP contribution in [0.5, 0.6) is 0 Å². The molecule has 0 bridgehead atoms. The van der Waals surface area contributed by atoms with E-state index in [-0.39, 0.29) is 11.3 Å². The molecule has 1 aromatic carbocycles. The molecule has 0 aliphatic rings. The summed E-state index contributed by atoms with van der Waals surface area (Å²) in [4.78, 5) is 11.6. The molecule has 94 valence electrons. The summed E-state index contributed by atoms with van der Waals surface area (Å²) in [7, 11) is 0. The minimum atomic E-state index is -0.316. The maximum absolute atomic E-state index is 11.6. The van der Waals surface area contributed by atoms with Crippen LogP contribution >= 0.6 is 0 Å². The molecule has 0 unspecified atom stereocenters. The second-order valence-electron chi connectivity index (χ2n) is 5.28. The van der Waals surface area contributed by atoms with Gasteiger partial charge in [0, 0.05) is 18.5 Å². The highest BCUT2D eigenvalue weighted by Crippen LogP contribution is 2.12. The van der Waals surface area contributed by atoms with E-state index < -0.39 is 0 Å². The lowest BCUT2D eigenvalue weighted by molar-refractivity contribution is -0.128. The first-order valence-electron chi connectivity index (χ1n) is 5.99. The molecule has 3 heteroatoms. The van der Waals surface area contributed by atoms with E-state index in [9.17, 15) is 4.79 Å². The SMILES string of the molecule is CC(C)(C)C(=O)NCCc1ccc(CN)cc1. The van der Waals surface area contributed by atoms with Gasteiger partial charge < -0.3 is 11.1 Å². The first-order valence-corrected chi connectivity index (χ1v) is 5.99. The normalized spacial score (nSPS) is 11.3. The summed E-state index contributed by atoms with van der Waals surface area (Å²) in [6, 6.07) is 8.18. The molecule has 0 radical (unpaired) electrons. The van der Waals surface area contributed by atoms with E-state index in [1.54, 1.807) is 0 Å². The lowest BCUT2D eigenvalue weighted by Crippen LogP contribution is -2.35. The van der Waals surface area contributed by atoms with Gasteiger partial charge in [0.05, 0.1) is 0 Å². The fourth-order valence-electron chi connectivity index (χ4n) is 1.43. The van der Waals surface area contributed by atoms with Crippen molar-refractivity contribution in [1.82, 2.24) is 5.32 Å². The Morgan fingerprint density at radius 3 is 2.18 bits per heavy atom. The van der Waals surface area contributed by atoms with Gasteiger partial charge in [-0.15, -0.1) is 0 Å². The number of benzene rings is 1. The van der Waals surface area contributed by atoms with Crippen LogP contribution < -0.4 is 11.1 Å². The molecule has 0 fully saturated rings. The van der Waals surface area contributed by atoms with Crippen molar-refractivity contribution in [3.05, 3.63) is 35.4 Å². The molecule has 0 saturated heterocycles. The third kappa shape index (κ3) is 4.57. The van der Waals surface area contributed by atoms with E-state index in [1.807, 2.05) is 32.9 Å². The van der Waals surface area contributed by atoms with Gasteiger partial charge >= 0.3 is 0 Å². The predicted octanol–water partition coefficient (Wildman–Crippen LogP) is 1.85. The van der Waals surface area contributed by atoms with Crippen LogP contribution in [0.25, 0.3) is 0 Å². The minimum Gasteiger partial charge on any atom is -0.355 e. The average molecular weight is 234 g/mol. The molecule has 1 rings (SSSR count). The standard InChI is InChI=1S/C14H22N2O/c1-14(2,3)13(17)16-9-8-11-4-6-12(10-15)7-5-11/h4-7H,8-10,15H2,1-3H3,(H,16,17). The quantitative estimate of drug-likeness (QED) is 0.835. The second-order valence-corrected chi connectivity index (χ2v) is 5.28. The van der Waals surface area contributed by atoms with Crippen LogP contribution in [-0.2, 0) is 17.8 Å². The Bertz CT molecular complexity index is 363. The molecule has 0 atom stereocenters. The Morgan fingerprint density at radius 1 is 1.18 bits per heavy atom. The molecule has 0 spiro atoms. The van der Waals surface area contributed by atoms with Gasteiger partial charge in [0.15, 0.2) is 0 Å². The fraction of sp³-hybridized carbons (Fsp3) is 0.500. The molecule has 0 heterocycles. The molecule has 3 nitrogen and oxygen atoms in total. The third-order valence-electron chi connectivity index (χ3n) is 2.64. The molecule has 17 heavy (non-hydrogen) atoms. The number of carbonyl (C=O) groups is 1. The van der Waals surface area contributed by atoms with Crippen LogP contribution in [0, 0.1) is 5.41 Å². The van der Waals surface area contributed by atoms with E-state index >= 15 is 0 Å². The summed E-state index contributed by atoms with van der Waals surface area (Å²) in [5, 5.41) is 2.94. The first kappa shape index (κ1) is 13.7. The zero-order valence-corrected chi connectivity index (χ0v) is 10.9. The molecule has 0 aliphatic heterocycles. The molecule has 3 N–H and O–H groups in total. The van der Waals surface area contributed by atoms with Gasteiger partial charge in [0.2, 0.25) is 5.91 Å². The number of carbonyl (C=O) groups excluding carboxylic acids is 1. The van der Waals surface area contributed by atoms with E-state index in [4.69, 9.17) is 5.73 Å². The maximum atomic E-state index is 11.6. The molecular weight excluding hydrogens is 212 g/mol. The van der Waals surface area contributed by atoms with Gasteiger partial charge in [-0.3, -0.25) is 4.79 Å². The Hall–Kier alpha value is -1.35. The minimum absolute atomic E-state index is 0.0936. The first-order chi connectivity index (χ1) is 7.93. The second kappa shape index (κ2) is 5.82. The van der Waals surface area contributed by atoms with Gasteiger partial charge in [0.25, 0.3) is 0 Å². The van der Waals surface area contributed by atoms with Crippen LogP contribution in [0.15, 0.2) is 24.3 Å². The Balaban J connectivity index is 2.38. The third-order valence-corrected chi connectivity index (χ3v) is 2.64. The van der Waals surface area contributed by atoms with Crippen molar-refractivity contribution < 1.29 is 4.79 Å². The van der Waals surface area contributed by atoms with Gasteiger partial charge in [0.1, 0.15) is 0 Å². The number of hydrogen-bond acceptors (Lipinski definition) is 2. The predicted molar refractivity (Wildman–Crippen MR) is 70.5 cm³/mol. The smallest absolute Gasteiger partial charge is 0.225 e. The zero-order chi connectivity index (χ0) is 12.9. The zero-order valence-electron chi connectivity index (χ0n) is 10.9. The largest absolute Gasteiger partial charge is 0.355 e. The highest BCUT2D eigenvalue weighted by atomic mass is 16.2. The van der Waals surface area contributed by atoms with Crippen LogP contribution in [0.2, 0.25) is 0 Å². The molecule has 0 aliphatic carbocycles. The number of nitrogens with one attached hydrogen (secondary N) is 1. The Labute approximate surface area is 103 Å². The van der Waals surface area contributed by atoms with Crippen molar-refractivity contribution in [3.8, 4) is 0 Å². The van der Waals surface area contributed by atoms with Crippen molar-refractivity contribution >= 4 is 5.91 Å². The van der Waals surface area contributed by atoms with Gasteiger partial charge in [-0.2, -0.15) is 0 Å². The number of nitrogens with two attached hydrogens (primary N) is 1. The number of hydrogen-bond donors (Lipinski definition) is 2.